The molecule has 1 aromatic carbocycles. The molecule has 7 heteroatoms. The van der Waals surface area contributed by atoms with Gasteiger partial charge in [0.25, 0.3) is 12.3 Å². The number of methoxy groups -OCH3 is 1. The van der Waals surface area contributed by atoms with E-state index in [-0.39, 0.29) is 11.3 Å². The summed E-state index contributed by atoms with van der Waals surface area (Å²) < 4.78 is 28.8. The first kappa shape index (κ1) is 14.2. The number of hydrogen-bond donors (Lipinski definition) is 3. The Labute approximate surface area is 102 Å². The van der Waals surface area contributed by atoms with Gasteiger partial charge < -0.3 is 20.3 Å². The molecule has 1 aromatic rings. The quantitative estimate of drug-likeness (QED) is 0.731. The van der Waals surface area contributed by atoms with Gasteiger partial charge in [0.15, 0.2) is 0 Å². The number of nitrogens with one attached hydrogen (secondary N) is 1. The van der Waals surface area contributed by atoms with Gasteiger partial charge >= 0.3 is 0 Å². The highest BCUT2D eigenvalue weighted by molar-refractivity contribution is 5.97. The number of phenols is 1. The van der Waals surface area contributed by atoms with Gasteiger partial charge in [0, 0.05) is 12.6 Å². The van der Waals surface area contributed by atoms with Gasteiger partial charge in [0.1, 0.15) is 17.6 Å². The van der Waals surface area contributed by atoms with E-state index < -0.39 is 25.0 Å². The molecule has 0 bridgehead atoms. The Morgan fingerprint density at radius 2 is 2.17 bits per heavy atom. The van der Waals surface area contributed by atoms with E-state index in [1.54, 1.807) is 0 Å². The lowest BCUT2D eigenvalue weighted by Crippen LogP contribution is -2.35. The molecule has 0 aliphatic rings. The van der Waals surface area contributed by atoms with Gasteiger partial charge in [-0.3, -0.25) is 4.79 Å². The van der Waals surface area contributed by atoms with Crippen LogP contribution in [0.4, 0.5) is 8.78 Å². The van der Waals surface area contributed by atoms with E-state index in [9.17, 15) is 18.7 Å². The first-order valence-electron chi connectivity index (χ1n) is 5.07. The van der Waals surface area contributed by atoms with Gasteiger partial charge in [0.05, 0.1) is 12.7 Å². The molecule has 0 heterocycles. The van der Waals surface area contributed by atoms with E-state index in [0.29, 0.717) is 5.75 Å². The number of aromatic hydroxyl groups is 1. The lowest BCUT2D eigenvalue weighted by atomic mass is 10.1. The van der Waals surface area contributed by atoms with Crippen molar-refractivity contribution in [2.75, 3.05) is 13.7 Å². The maximum absolute atomic E-state index is 12.0. The van der Waals surface area contributed by atoms with Crippen LogP contribution in [0.2, 0.25) is 0 Å². The third-order valence-corrected chi connectivity index (χ3v) is 2.21. The lowest BCUT2D eigenvalue weighted by Gasteiger charge is -2.11. The van der Waals surface area contributed by atoms with Crippen molar-refractivity contribution in [1.82, 2.24) is 5.32 Å². The fraction of sp³-hybridized carbons (Fsp3) is 0.364. The Morgan fingerprint density at radius 3 is 2.67 bits per heavy atom. The maximum atomic E-state index is 12.0. The molecule has 3 N–H and O–H groups in total. The van der Waals surface area contributed by atoms with Gasteiger partial charge in [-0.1, -0.05) is 0 Å². The molecule has 100 valence electrons. The zero-order chi connectivity index (χ0) is 13.7. The lowest BCUT2D eigenvalue weighted by molar-refractivity contribution is -0.00271. The molecule has 0 aliphatic heterocycles. The SMILES string of the molecule is COc1ccc(C(=O)NCC(O)C(F)F)c(O)c1. The summed E-state index contributed by atoms with van der Waals surface area (Å²) >= 11 is 0. The molecule has 1 atom stereocenters. The molecule has 0 radical (unpaired) electrons. The van der Waals surface area contributed by atoms with Crippen LogP contribution in [0.15, 0.2) is 18.2 Å². The highest BCUT2D eigenvalue weighted by Crippen LogP contribution is 2.23. The van der Waals surface area contributed by atoms with Gasteiger partial charge in [-0.25, -0.2) is 8.78 Å². The van der Waals surface area contributed by atoms with Crippen molar-refractivity contribution in [1.29, 1.82) is 0 Å². The predicted molar refractivity (Wildman–Crippen MR) is 59.0 cm³/mol. The second-order valence-corrected chi connectivity index (χ2v) is 3.49. The molecule has 0 fully saturated rings. The van der Waals surface area contributed by atoms with Crippen LogP contribution in [-0.2, 0) is 0 Å². The Morgan fingerprint density at radius 1 is 1.50 bits per heavy atom. The van der Waals surface area contributed by atoms with Gasteiger partial charge in [0.2, 0.25) is 0 Å². The van der Waals surface area contributed by atoms with Gasteiger partial charge in [-0.05, 0) is 12.1 Å². The molecule has 5 nitrogen and oxygen atoms in total. The number of ether oxygens (including phenoxy) is 1. The number of aliphatic hydroxyl groups is 1. The van der Waals surface area contributed by atoms with Crippen LogP contribution in [0.25, 0.3) is 0 Å². The van der Waals surface area contributed by atoms with Crippen molar-refractivity contribution >= 4 is 5.91 Å². The summed E-state index contributed by atoms with van der Waals surface area (Å²) in [6.45, 7) is -0.595. The number of benzene rings is 1. The van der Waals surface area contributed by atoms with Crippen LogP contribution in [0.5, 0.6) is 11.5 Å². The number of alkyl halides is 2. The van der Waals surface area contributed by atoms with Crippen LogP contribution >= 0.6 is 0 Å². The number of amides is 1. The number of aliphatic hydroxyl groups excluding tert-OH is 1. The largest absolute Gasteiger partial charge is 0.507 e. The molecular weight excluding hydrogens is 248 g/mol. The van der Waals surface area contributed by atoms with Crippen LogP contribution in [0.3, 0.4) is 0 Å². The second kappa shape index (κ2) is 6.15. The van der Waals surface area contributed by atoms with Gasteiger partial charge in [-0.15, -0.1) is 0 Å². The number of halogens is 2. The molecule has 1 rings (SSSR count). The second-order valence-electron chi connectivity index (χ2n) is 3.49. The Balaban J connectivity index is 2.67. The number of hydrogen-bond acceptors (Lipinski definition) is 4. The fourth-order valence-corrected chi connectivity index (χ4v) is 1.21. The van der Waals surface area contributed by atoms with Crippen LogP contribution in [0, 0.1) is 0 Å². The van der Waals surface area contributed by atoms with Crippen molar-refractivity contribution in [3.63, 3.8) is 0 Å². The van der Waals surface area contributed by atoms with Crippen LogP contribution in [0.1, 0.15) is 10.4 Å². The van der Waals surface area contributed by atoms with E-state index in [2.05, 4.69) is 5.32 Å². The smallest absolute Gasteiger partial charge is 0.265 e. The number of carbonyl (C=O) groups excluding carboxylic acids is 1. The molecule has 0 saturated heterocycles. The molecule has 18 heavy (non-hydrogen) atoms. The van der Waals surface area contributed by atoms with Crippen molar-refractivity contribution in [2.45, 2.75) is 12.5 Å². The third-order valence-electron chi connectivity index (χ3n) is 2.21. The molecule has 0 spiro atoms. The summed E-state index contributed by atoms with van der Waals surface area (Å²) in [5.41, 5.74) is -0.0859. The molecule has 1 amide bonds. The minimum absolute atomic E-state index is 0.0859. The van der Waals surface area contributed by atoms with Crippen molar-refractivity contribution in [3.8, 4) is 11.5 Å². The zero-order valence-corrected chi connectivity index (χ0v) is 9.56. The molecule has 0 aliphatic carbocycles. The zero-order valence-electron chi connectivity index (χ0n) is 9.56. The van der Waals surface area contributed by atoms with E-state index in [1.807, 2.05) is 0 Å². The highest BCUT2D eigenvalue weighted by Gasteiger charge is 2.19. The Bertz CT molecular complexity index is 426. The van der Waals surface area contributed by atoms with Crippen molar-refractivity contribution in [2.24, 2.45) is 0 Å². The summed E-state index contributed by atoms with van der Waals surface area (Å²) in [4.78, 5) is 11.5. The number of phenolic OH excluding ortho intramolecular Hbond substituents is 1. The third kappa shape index (κ3) is 3.56. The average molecular weight is 261 g/mol. The molecule has 0 saturated carbocycles. The average Bonchev–Trinajstić information content (AvgIpc) is 2.34. The van der Waals surface area contributed by atoms with Crippen molar-refractivity contribution in [3.05, 3.63) is 23.8 Å². The van der Waals surface area contributed by atoms with Crippen LogP contribution < -0.4 is 10.1 Å². The monoisotopic (exact) mass is 261 g/mol. The highest BCUT2D eigenvalue weighted by atomic mass is 19.3. The first-order chi connectivity index (χ1) is 8.45. The predicted octanol–water partition coefficient (Wildman–Crippen LogP) is 0.757. The topological polar surface area (TPSA) is 78.8 Å². The standard InChI is InChI=1S/C11H13F2NO4/c1-18-6-2-3-7(8(15)4-6)11(17)14-5-9(16)10(12)13/h2-4,9-10,15-16H,5H2,1H3,(H,14,17). The summed E-state index contributed by atoms with van der Waals surface area (Å²) in [6.07, 6.45) is -4.87. The first-order valence-corrected chi connectivity index (χ1v) is 5.07. The summed E-state index contributed by atoms with van der Waals surface area (Å²) in [7, 11) is 1.40. The van der Waals surface area contributed by atoms with Crippen molar-refractivity contribution < 1.29 is 28.5 Å². The minimum atomic E-state index is -2.94. The Kier molecular flexibility index (Phi) is 4.85. The van der Waals surface area contributed by atoms with E-state index >= 15 is 0 Å². The molecule has 0 aromatic heterocycles. The molecule has 1 unspecified atom stereocenters. The van der Waals surface area contributed by atoms with E-state index in [0.717, 1.165) is 0 Å². The summed E-state index contributed by atoms with van der Waals surface area (Å²) in [5, 5.41) is 20.4. The van der Waals surface area contributed by atoms with E-state index in [1.165, 1.54) is 25.3 Å². The van der Waals surface area contributed by atoms with Gasteiger partial charge in [-0.2, -0.15) is 0 Å². The number of carbonyl (C=O) groups is 1. The molecular formula is C11H13F2NO4. The van der Waals surface area contributed by atoms with E-state index in [4.69, 9.17) is 9.84 Å². The van der Waals surface area contributed by atoms with Crippen LogP contribution in [-0.4, -0.2) is 42.3 Å². The fourth-order valence-electron chi connectivity index (χ4n) is 1.21. The Hall–Kier alpha value is -1.89. The summed E-state index contributed by atoms with van der Waals surface area (Å²) in [5.74, 6) is -0.732. The number of rotatable bonds is 5. The normalized spacial score (nSPS) is 12.3. The summed E-state index contributed by atoms with van der Waals surface area (Å²) in [6, 6.07) is 3.95. The maximum Gasteiger partial charge on any atom is 0.265 e. The minimum Gasteiger partial charge on any atom is -0.507 e.